The average molecular weight is 380 g/mol. The molecule has 1 aliphatic rings. The van der Waals surface area contributed by atoms with Crippen molar-refractivity contribution in [3.63, 3.8) is 0 Å². The number of nitrogens with one attached hydrogen (secondary N) is 2. The van der Waals surface area contributed by atoms with E-state index >= 15 is 0 Å². The standard InChI is InChI=1S/C14H19BrN2OS.ClH/c15-12-5-1-2-6-13(12)19-9-7-14(18)17-11-4-3-8-16-10-11;/h1-2,5-6,11,16H,3-4,7-10H2,(H,17,18);1H. The predicted octanol–water partition coefficient (Wildman–Crippen LogP) is 3.22. The molecule has 1 amide bonds. The Kier molecular flexibility index (Phi) is 8.61. The maximum absolute atomic E-state index is 11.8. The van der Waals surface area contributed by atoms with Gasteiger partial charge >= 0.3 is 0 Å². The SMILES string of the molecule is Cl.O=C(CCSc1ccccc1Br)NC1CCCNC1. The molecule has 0 bridgehead atoms. The molecular formula is C14H20BrClN2OS. The van der Waals surface area contributed by atoms with E-state index in [1.165, 1.54) is 4.90 Å². The topological polar surface area (TPSA) is 41.1 Å². The second-order valence-corrected chi connectivity index (χ2v) is 6.63. The van der Waals surface area contributed by atoms with Crippen LogP contribution in [0.25, 0.3) is 0 Å². The summed E-state index contributed by atoms with van der Waals surface area (Å²) in [6.45, 7) is 1.98. The van der Waals surface area contributed by atoms with Gasteiger partial charge in [0.15, 0.2) is 0 Å². The van der Waals surface area contributed by atoms with Crippen molar-refractivity contribution < 1.29 is 4.79 Å². The highest BCUT2D eigenvalue weighted by Crippen LogP contribution is 2.27. The first-order valence-corrected chi connectivity index (χ1v) is 8.41. The third kappa shape index (κ3) is 6.04. The van der Waals surface area contributed by atoms with Crippen LogP contribution in [0.2, 0.25) is 0 Å². The normalized spacial score (nSPS) is 18.1. The van der Waals surface area contributed by atoms with Crippen molar-refractivity contribution >= 4 is 46.0 Å². The average Bonchev–Trinajstić information content (AvgIpc) is 2.42. The Morgan fingerprint density at radius 3 is 2.95 bits per heavy atom. The Hall–Kier alpha value is -0.230. The molecule has 0 aliphatic carbocycles. The Morgan fingerprint density at radius 1 is 1.45 bits per heavy atom. The fraction of sp³-hybridized carbons (Fsp3) is 0.500. The van der Waals surface area contributed by atoms with E-state index in [-0.39, 0.29) is 18.3 Å². The molecule has 1 saturated heterocycles. The van der Waals surface area contributed by atoms with Gasteiger partial charge in [0.2, 0.25) is 5.91 Å². The number of benzene rings is 1. The summed E-state index contributed by atoms with van der Waals surface area (Å²) >= 11 is 5.23. The summed E-state index contributed by atoms with van der Waals surface area (Å²) < 4.78 is 1.09. The van der Waals surface area contributed by atoms with Gasteiger partial charge in [-0.15, -0.1) is 24.2 Å². The molecule has 112 valence electrons. The largest absolute Gasteiger partial charge is 0.352 e. The van der Waals surface area contributed by atoms with E-state index in [0.717, 1.165) is 36.2 Å². The van der Waals surface area contributed by atoms with Gasteiger partial charge < -0.3 is 10.6 Å². The molecule has 0 spiro atoms. The number of rotatable bonds is 5. The monoisotopic (exact) mass is 378 g/mol. The van der Waals surface area contributed by atoms with Crippen LogP contribution in [0.1, 0.15) is 19.3 Å². The molecule has 1 aliphatic heterocycles. The Balaban J connectivity index is 0.00000200. The van der Waals surface area contributed by atoms with Crippen LogP contribution in [0.3, 0.4) is 0 Å². The van der Waals surface area contributed by atoms with E-state index in [0.29, 0.717) is 12.5 Å². The summed E-state index contributed by atoms with van der Waals surface area (Å²) in [5.74, 6) is 0.975. The second-order valence-electron chi connectivity index (χ2n) is 4.64. The molecule has 1 aromatic carbocycles. The van der Waals surface area contributed by atoms with E-state index in [9.17, 15) is 4.79 Å². The molecule has 1 unspecified atom stereocenters. The highest BCUT2D eigenvalue weighted by molar-refractivity contribution is 9.10. The van der Waals surface area contributed by atoms with Crippen molar-refractivity contribution in [1.82, 2.24) is 10.6 Å². The second kappa shape index (κ2) is 9.66. The fourth-order valence-corrected chi connectivity index (χ4v) is 3.61. The van der Waals surface area contributed by atoms with Gasteiger partial charge in [0, 0.05) is 34.1 Å². The van der Waals surface area contributed by atoms with Crippen LogP contribution in [0.5, 0.6) is 0 Å². The first-order valence-electron chi connectivity index (χ1n) is 6.63. The third-order valence-electron chi connectivity index (χ3n) is 3.09. The van der Waals surface area contributed by atoms with Gasteiger partial charge in [0.05, 0.1) is 0 Å². The number of halogens is 2. The van der Waals surface area contributed by atoms with Gasteiger partial charge in [0.25, 0.3) is 0 Å². The Labute approximate surface area is 139 Å². The Bertz CT molecular complexity index is 427. The van der Waals surface area contributed by atoms with E-state index in [1.54, 1.807) is 11.8 Å². The minimum atomic E-state index is 0. The molecule has 2 rings (SSSR count). The summed E-state index contributed by atoms with van der Waals surface area (Å²) in [5, 5.41) is 6.40. The summed E-state index contributed by atoms with van der Waals surface area (Å²) in [4.78, 5) is 13.0. The van der Waals surface area contributed by atoms with Gasteiger partial charge in [-0.3, -0.25) is 4.79 Å². The van der Waals surface area contributed by atoms with E-state index in [4.69, 9.17) is 0 Å². The van der Waals surface area contributed by atoms with Crippen LogP contribution in [0.4, 0.5) is 0 Å². The van der Waals surface area contributed by atoms with Gasteiger partial charge in [0.1, 0.15) is 0 Å². The van der Waals surface area contributed by atoms with Crippen molar-refractivity contribution in [3.8, 4) is 0 Å². The Morgan fingerprint density at radius 2 is 2.25 bits per heavy atom. The first kappa shape index (κ1) is 17.8. The number of carbonyl (C=O) groups is 1. The van der Waals surface area contributed by atoms with Crippen LogP contribution >= 0.6 is 40.1 Å². The maximum atomic E-state index is 11.8. The molecule has 6 heteroatoms. The smallest absolute Gasteiger partial charge is 0.221 e. The number of piperidine rings is 1. The molecule has 0 radical (unpaired) electrons. The van der Waals surface area contributed by atoms with Crippen LogP contribution in [0.15, 0.2) is 33.6 Å². The molecule has 1 atom stereocenters. The third-order valence-corrected chi connectivity index (χ3v) is 5.11. The van der Waals surface area contributed by atoms with Crippen molar-refractivity contribution in [1.29, 1.82) is 0 Å². The lowest BCUT2D eigenvalue weighted by atomic mass is 10.1. The lowest BCUT2D eigenvalue weighted by Crippen LogP contribution is -2.45. The highest BCUT2D eigenvalue weighted by Gasteiger charge is 2.14. The van der Waals surface area contributed by atoms with Crippen LogP contribution in [-0.2, 0) is 4.79 Å². The van der Waals surface area contributed by atoms with Gasteiger partial charge in [-0.2, -0.15) is 0 Å². The summed E-state index contributed by atoms with van der Waals surface area (Å²) in [6.07, 6.45) is 2.81. The fourth-order valence-electron chi connectivity index (χ4n) is 2.09. The minimum Gasteiger partial charge on any atom is -0.352 e. The summed E-state index contributed by atoms with van der Waals surface area (Å²) in [7, 11) is 0. The maximum Gasteiger partial charge on any atom is 0.221 e. The van der Waals surface area contributed by atoms with Gasteiger partial charge in [-0.25, -0.2) is 0 Å². The number of thioether (sulfide) groups is 1. The zero-order valence-corrected chi connectivity index (χ0v) is 14.5. The van der Waals surface area contributed by atoms with Gasteiger partial charge in [-0.1, -0.05) is 12.1 Å². The minimum absolute atomic E-state index is 0. The molecule has 1 aromatic rings. The van der Waals surface area contributed by atoms with E-state index in [1.807, 2.05) is 18.2 Å². The number of amides is 1. The lowest BCUT2D eigenvalue weighted by Gasteiger charge is -2.23. The zero-order chi connectivity index (χ0) is 13.5. The lowest BCUT2D eigenvalue weighted by molar-refractivity contribution is -0.121. The molecular weight excluding hydrogens is 360 g/mol. The highest BCUT2D eigenvalue weighted by atomic mass is 79.9. The van der Waals surface area contributed by atoms with E-state index < -0.39 is 0 Å². The summed E-state index contributed by atoms with van der Waals surface area (Å²) in [5.41, 5.74) is 0. The summed E-state index contributed by atoms with van der Waals surface area (Å²) in [6, 6.07) is 8.42. The number of hydrogen-bond acceptors (Lipinski definition) is 3. The molecule has 20 heavy (non-hydrogen) atoms. The van der Waals surface area contributed by atoms with Crippen molar-refractivity contribution in [2.75, 3.05) is 18.8 Å². The number of hydrogen-bond donors (Lipinski definition) is 2. The van der Waals surface area contributed by atoms with E-state index in [2.05, 4.69) is 32.6 Å². The molecule has 0 saturated carbocycles. The quantitative estimate of drug-likeness (QED) is 0.772. The van der Waals surface area contributed by atoms with Crippen LogP contribution < -0.4 is 10.6 Å². The molecule has 0 aromatic heterocycles. The zero-order valence-electron chi connectivity index (χ0n) is 11.2. The van der Waals surface area contributed by atoms with Crippen LogP contribution in [0, 0.1) is 0 Å². The molecule has 1 heterocycles. The molecule has 3 nitrogen and oxygen atoms in total. The van der Waals surface area contributed by atoms with Crippen molar-refractivity contribution in [2.45, 2.75) is 30.2 Å². The first-order chi connectivity index (χ1) is 9.25. The molecule has 1 fully saturated rings. The molecule has 2 N–H and O–H groups in total. The van der Waals surface area contributed by atoms with Crippen LogP contribution in [-0.4, -0.2) is 30.8 Å². The van der Waals surface area contributed by atoms with Crippen molar-refractivity contribution in [2.24, 2.45) is 0 Å². The predicted molar refractivity (Wildman–Crippen MR) is 90.8 cm³/mol. The van der Waals surface area contributed by atoms with Gasteiger partial charge in [-0.05, 0) is 47.4 Å². The number of carbonyl (C=O) groups excluding carboxylic acids is 1. The van der Waals surface area contributed by atoms with Crippen molar-refractivity contribution in [3.05, 3.63) is 28.7 Å².